The van der Waals surface area contributed by atoms with Crippen LogP contribution in [-0.4, -0.2) is 33.4 Å². The Morgan fingerprint density at radius 3 is 1.89 bits per heavy atom. The Morgan fingerprint density at radius 2 is 1.78 bits per heavy atom. The number of aliphatic hydroxyl groups is 1. The van der Waals surface area contributed by atoms with E-state index in [2.05, 4.69) is 0 Å². The van der Waals surface area contributed by atoms with Crippen LogP contribution in [0.1, 0.15) is 6.42 Å². The maximum absolute atomic E-state index is 9.72. The van der Waals surface area contributed by atoms with Crippen LogP contribution in [0.3, 0.4) is 0 Å². The van der Waals surface area contributed by atoms with E-state index in [0.29, 0.717) is 0 Å². The average Bonchev–Trinajstić information content (AvgIpc) is 1.63. The van der Waals surface area contributed by atoms with Crippen LogP contribution in [0.5, 0.6) is 0 Å². The zero-order valence-corrected chi connectivity index (χ0v) is 4.44. The van der Waals surface area contributed by atoms with Crippen molar-refractivity contribution < 1.29 is 24.9 Å². The van der Waals surface area contributed by atoms with Crippen molar-refractivity contribution in [2.75, 3.05) is 0 Å². The van der Waals surface area contributed by atoms with Gasteiger partial charge >= 0.3 is 11.9 Å². The first-order chi connectivity index (χ1) is 4.04. The summed E-state index contributed by atoms with van der Waals surface area (Å²) >= 11 is 0. The van der Waals surface area contributed by atoms with Gasteiger partial charge in [-0.2, -0.15) is 0 Å². The molecule has 0 aromatic heterocycles. The summed E-state index contributed by atoms with van der Waals surface area (Å²) in [6, 6.07) is 0. The lowest BCUT2D eigenvalue weighted by molar-refractivity contribution is -0.152. The van der Waals surface area contributed by atoms with Gasteiger partial charge in [0.25, 0.3) is 0 Å². The van der Waals surface area contributed by atoms with Gasteiger partial charge in [-0.05, 0) is 0 Å². The molecule has 0 amide bonds. The zero-order valence-electron chi connectivity index (χ0n) is 4.44. The van der Waals surface area contributed by atoms with Crippen LogP contribution in [0, 0.1) is 0 Å². The van der Waals surface area contributed by atoms with Crippen LogP contribution >= 0.6 is 0 Å². The van der Waals surface area contributed by atoms with E-state index in [-0.39, 0.29) is 0 Å². The van der Waals surface area contributed by atoms with E-state index in [1.54, 1.807) is 0 Å². The van der Waals surface area contributed by atoms with Crippen molar-refractivity contribution in [1.29, 1.82) is 0 Å². The largest absolute Gasteiger partial charge is 0.481 e. The summed E-state index contributed by atoms with van der Waals surface area (Å²) in [6.45, 7) is 0. The van der Waals surface area contributed by atoms with E-state index in [9.17, 15) is 9.59 Å². The molecule has 5 nitrogen and oxygen atoms in total. The lowest BCUT2D eigenvalue weighted by atomic mass is 10.4. The van der Waals surface area contributed by atoms with E-state index >= 15 is 0 Å². The van der Waals surface area contributed by atoms with Crippen LogP contribution in [0.15, 0.2) is 0 Å². The predicted octanol–water partition coefficient (Wildman–Crippen LogP) is -1.09. The fourth-order valence-corrected chi connectivity index (χ4v) is 0.253. The Kier molecular flexibility index (Phi) is 2.66. The van der Waals surface area contributed by atoms with E-state index in [1.165, 1.54) is 0 Å². The monoisotopic (exact) mass is 135 g/mol. The lowest BCUT2D eigenvalue weighted by Crippen LogP contribution is -2.22. The minimum atomic E-state index is -1.79. The van der Waals surface area contributed by atoms with E-state index < -0.39 is 24.5 Å². The summed E-state index contributed by atoms with van der Waals surface area (Å²) in [4.78, 5) is 19.4. The van der Waals surface area contributed by atoms with Gasteiger partial charge < -0.3 is 15.3 Å². The number of rotatable bonds is 3. The van der Waals surface area contributed by atoms with Crippen molar-refractivity contribution in [2.24, 2.45) is 0 Å². The van der Waals surface area contributed by atoms with E-state index in [4.69, 9.17) is 15.3 Å². The minimum Gasteiger partial charge on any atom is -0.481 e. The molecule has 1 atom stereocenters. The van der Waals surface area contributed by atoms with Crippen LogP contribution in [0.25, 0.3) is 0 Å². The van der Waals surface area contributed by atoms with Gasteiger partial charge in [-0.3, -0.25) is 4.79 Å². The van der Waals surface area contributed by atoms with Crippen molar-refractivity contribution in [3.8, 4) is 0 Å². The van der Waals surface area contributed by atoms with Gasteiger partial charge in [0, 0.05) is 0 Å². The molecular weight excluding hydrogens is 129 g/mol. The topological polar surface area (TPSA) is 94.8 Å². The second-order valence-corrected chi connectivity index (χ2v) is 1.45. The minimum absolute atomic E-state index is 0.755. The van der Waals surface area contributed by atoms with Crippen molar-refractivity contribution in [2.45, 2.75) is 12.5 Å². The summed E-state index contributed by atoms with van der Waals surface area (Å²) in [7, 11) is 0. The lowest BCUT2D eigenvalue weighted by Gasteiger charge is -1.97. The molecule has 0 saturated carbocycles. The van der Waals surface area contributed by atoms with Gasteiger partial charge in [0.1, 0.15) is 0 Å². The highest BCUT2D eigenvalue weighted by Crippen LogP contribution is 1.89. The first kappa shape index (κ1) is 7.90. The van der Waals surface area contributed by atoms with Gasteiger partial charge in [-0.1, -0.05) is 0 Å². The molecule has 0 aliphatic heterocycles. The third-order valence-corrected chi connectivity index (χ3v) is 0.653. The van der Waals surface area contributed by atoms with Gasteiger partial charge in [-0.15, -0.1) is 0 Å². The Labute approximate surface area is 50.5 Å². The third-order valence-electron chi connectivity index (χ3n) is 0.653. The van der Waals surface area contributed by atoms with Crippen molar-refractivity contribution in [1.82, 2.24) is 0 Å². The molecular formula is C4H6O5. The molecule has 0 aromatic rings. The third kappa shape index (κ3) is 3.48. The Hall–Kier alpha value is -1.10. The molecule has 0 aliphatic rings. The zero-order chi connectivity index (χ0) is 7.44. The highest BCUT2D eigenvalue weighted by molar-refractivity contribution is 5.79. The number of hydrogen-bond acceptors (Lipinski definition) is 3. The molecule has 0 bridgehead atoms. The molecule has 0 unspecified atom stereocenters. The Balaban J connectivity index is 3.63. The molecule has 0 saturated heterocycles. The smallest absolute Gasteiger partial charge is 0.333 e. The molecule has 0 heterocycles. The normalized spacial score (nSPS) is 12.6. The summed E-state index contributed by atoms with van der Waals surface area (Å²) in [5.74, 6) is -2.85. The molecule has 0 radical (unpaired) electrons. The molecule has 5 heteroatoms. The van der Waals surface area contributed by atoms with E-state index in [1.807, 2.05) is 0 Å². The van der Waals surface area contributed by atoms with Gasteiger partial charge in [0.05, 0.1) is 6.42 Å². The number of aliphatic hydroxyl groups excluding tert-OH is 1. The van der Waals surface area contributed by atoms with Gasteiger partial charge in [0.2, 0.25) is 0 Å². The Morgan fingerprint density at radius 1 is 1.33 bits per heavy atom. The molecule has 0 rings (SSSR count). The van der Waals surface area contributed by atoms with Crippen molar-refractivity contribution in [3.63, 3.8) is 0 Å². The highest BCUT2D eigenvalue weighted by atomic mass is 16.5. The highest BCUT2D eigenvalue weighted by Gasteiger charge is 2.16. The SMILES string of the molecule is O=C(O)C[C@H](O)[13C](=O)O. The fourth-order valence-electron chi connectivity index (χ4n) is 0.253. The van der Waals surface area contributed by atoms with Crippen LogP contribution in [0.4, 0.5) is 0 Å². The number of carbonyl (C=O) groups is 2. The summed E-state index contributed by atoms with van der Waals surface area (Å²) < 4.78 is 0. The molecule has 0 spiro atoms. The number of carboxylic acid groups (broad SMARTS) is 2. The predicted molar refractivity (Wildman–Crippen MR) is 25.9 cm³/mol. The maximum atomic E-state index is 9.72. The molecule has 3 N–H and O–H groups in total. The summed E-state index contributed by atoms with van der Waals surface area (Å²) in [5, 5.41) is 24.1. The number of carboxylic acids is 2. The van der Waals surface area contributed by atoms with Gasteiger partial charge in [0.15, 0.2) is 6.10 Å². The fraction of sp³-hybridized carbons (Fsp3) is 0.500. The standard InChI is InChI=1S/C4H6O5/c5-2(4(8)9)1-3(6)7/h2,5H,1H2,(H,6,7)(H,8,9)/t2-/m0/s1/i4+1. The molecule has 52 valence electrons. The molecule has 9 heavy (non-hydrogen) atoms. The van der Waals surface area contributed by atoms with Crippen LogP contribution < -0.4 is 0 Å². The quantitative estimate of drug-likeness (QED) is 0.427. The first-order valence-corrected chi connectivity index (χ1v) is 2.16. The van der Waals surface area contributed by atoms with Crippen molar-refractivity contribution in [3.05, 3.63) is 0 Å². The molecule has 0 aliphatic carbocycles. The van der Waals surface area contributed by atoms with E-state index in [0.717, 1.165) is 0 Å². The molecule has 0 fully saturated rings. The maximum Gasteiger partial charge on any atom is 0.333 e. The number of aliphatic carboxylic acids is 2. The second kappa shape index (κ2) is 3.03. The summed E-state index contributed by atoms with van der Waals surface area (Å²) in [6.07, 6.45) is -2.54. The van der Waals surface area contributed by atoms with Crippen molar-refractivity contribution >= 4 is 11.9 Å². The average molecular weight is 135 g/mol. The first-order valence-electron chi connectivity index (χ1n) is 2.16. The van der Waals surface area contributed by atoms with Crippen LogP contribution in [0.2, 0.25) is 0 Å². The molecule has 0 aromatic carbocycles. The number of hydrogen-bond donors (Lipinski definition) is 3. The summed E-state index contributed by atoms with van der Waals surface area (Å²) in [5.41, 5.74) is 0. The Bertz CT molecular complexity index is 129. The second-order valence-electron chi connectivity index (χ2n) is 1.45. The van der Waals surface area contributed by atoms with Crippen LogP contribution in [-0.2, 0) is 9.59 Å². The van der Waals surface area contributed by atoms with Gasteiger partial charge in [-0.25, -0.2) is 4.79 Å².